The summed E-state index contributed by atoms with van der Waals surface area (Å²) in [7, 11) is 0. The molecule has 0 aliphatic heterocycles. The summed E-state index contributed by atoms with van der Waals surface area (Å²) in [5.74, 6) is -0.671. The van der Waals surface area contributed by atoms with Crippen molar-refractivity contribution < 1.29 is 19.0 Å². The Labute approximate surface area is 130 Å². The molecule has 1 N–H and O–H groups in total. The highest BCUT2D eigenvalue weighted by molar-refractivity contribution is 7.99. The highest BCUT2D eigenvalue weighted by atomic mass is 35.5. The number of rotatable bonds is 6. The Bertz CT molecular complexity index is 631. The van der Waals surface area contributed by atoms with E-state index in [1.54, 1.807) is 30.3 Å². The molecular weight excluding hydrogens is 315 g/mol. The minimum Gasteiger partial charge on any atom is -0.493 e. The second kappa shape index (κ2) is 7.33. The first kappa shape index (κ1) is 15.7. The molecule has 0 unspecified atom stereocenters. The van der Waals surface area contributed by atoms with Crippen LogP contribution in [0.2, 0.25) is 5.02 Å². The van der Waals surface area contributed by atoms with E-state index in [4.69, 9.17) is 21.4 Å². The lowest BCUT2D eigenvalue weighted by atomic mass is 10.2. The third kappa shape index (κ3) is 4.65. The van der Waals surface area contributed by atoms with Gasteiger partial charge in [-0.05, 0) is 42.5 Å². The summed E-state index contributed by atoms with van der Waals surface area (Å²) in [6.07, 6.45) is 0. The number of carboxylic acid groups (broad SMARTS) is 1. The topological polar surface area (TPSA) is 46.5 Å². The lowest BCUT2D eigenvalue weighted by molar-refractivity contribution is 0.0691. The van der Waals surface area contributed by atoms with Crippen molar-refractivity contribution >= 4 is 29.3 Å². The maximum absolute atomic E-state index is 13.2. The fraction of sp³-hybridized carbons (Fsp3) is 0.133. The van der Waals surface area contributed by atoms with Gasteiger partial charge in [0, 0.05) is 15.7 Å². The second-order valence-corrected chi connectivity index (χ2v) is 5.70. The third-order valence-electron chi connectivity index (χ3n) is 2.60. The summed E-state index contributed by atoms with van der Waals surface area (Å²) in [6.45, 7) is 0.450. The largest absolute Gasteiger partial charge is 0.493 e. The summed E-state index contributed by atoms with van der Waals surface area (Å²) in [5, 5.41) is 9.49. The number of benzene rings is 2. The lowest BCUT2D eigenvalue weighted by Crippen LogP contribution is -2.02. The first-order chi connectivity index (χ1) is 10.1. The molecule has 3 nitrogen and oxygen atoms in total. The molecule has 0 radical (unpaired) electrons. The van der Waals surface area contributed by atoms with Crippen LogP contribution in [0, 0.1) is 5.82 Å². The van der Waals surface area contributed by atoms with E-state index in [2.05, 4.69) is 0 Å². The molecule has 2 rings (SSSR count). The van der Waals surface area contributed by atoms with E-state index in [1.807, 2.05) is 0 Å². The zero-order valence-electron chi connectivity index (χ0n) is 10.9. The Morgan fingerprint density at radius 2 is 1.95 bits per heavy atom. The van der Waals surface area contributed by atoms with Crippen LogP contribution in [0.4, 0.5) is 4.39 Å². The molecule has 110 valence electrons. The van der Waals surface area contributed by atoms with Crippen LogP contribution in [-0.4, -0.2) is 23.4 Å². The number of hydrogen-bond donors (Lipinski definition) is 1. The van der Waals surface area contributed by atoms with Crippen LogP contribution >= 0.6 is 23.4 Å². The van der Waals surface area contributed by atoms with Gasteiger partial charge in [0.15, 0.2) is 0 Å². The van der Waals surface area contributed by atoms with Gasteiger partial charge < -0.3 is 9.84 Å². The van der Waals surface area contributed by atoms with Crippen LogP contribution in [0.5, 0.6) is 5.75 Å². The van der Waals surface area contributed by atoms with E-state index in [0.717, 1.165) is 6.07 Å². The van der Waals surface area contributed by atoms with Crippen molar-refractivity contribution in [2.24, 2.45) is 0 Å². The van der Waals surface area contributed by atoms with Gasteiger partial charge in [0.05, 0.1) is 12.2 Å². The molecule has 2 aromatic carbocycles. The number of halogens is 2. The Kier molecular flexibility index (Phi) is 5.47. The molecule has 21 heavy (non-hydrogen) atoms. The van der Waals surface area contributed by atoms with Crippen LogP contribution in [0.25, 0.3) is 0 Å². The van der Waals surface area contributed by atoms with Gasteiger partial charge in [0.25, 0.3) is 0 Å². The third-order valence-corrected chi connectivity index (χ3v) is 3.81. The zero-order valence-corrected chi connectivity index (χ0v) is 12.5. The quantitative estimate of drug-likeness (QED) is 0.633. The molecule has 0 amide bonds. The van der Waals surface area contributed by atoms with Crippen LogP contribution in [0.1, 0.15) is 10.4 Å². The predicted octanol–water partition coefficient (Wildman–Crippen LogP) is 4.35. The molecule has 0 aliphatic carbocycles. The molecule has 0 aromatic heterocycles. The first-order valence-corrected chi connectivity index (χ1v) is 7.46. The molecule has 0 saturated heterocycles. The lowest BCUT2D eigenvalue weighted by Gasteiger charge is -2.07. The van der Waals surface area contributed by atoms with Gasteiger partial charge in [0.2, 0.25) is 0 Å². The van der Waals surface area contributed by atoms with Crippen LogP contribution in [0.3, 0.4) is 0 Å². The van der Waals surface area contributed by atoms with E-state index in [1.165, 1.54) is 17.8 Å². The molecule has 0 heterocycles. The van der Waals surface area contributed by atoms with Gasteiger partial charge in [-0.1, -0.05) is 11.6 Å². The summed E-state index contributed by atoms with van der Waals surface area (Å²) in [4.78, 5) is 11.5. The monoisotopic (exact) mass is 326 g/mol. The molecule has 0 saturated carbocycles. The standard InChI is InChI=1S/C15H12ClFO3S/c16-10-1-3-11(4-2-10)20-7-8-21-12-5-6-14(17)13(9-12)15(18)19/h1-6,9H,7-8H2,(H,18,19). The van der Waals surface area contributed by atoms with Gasteiger partial charge >= 0.3 is 5.97 Å². The number of aromatic carboxylic acids is 1. The normalized spacial score (nSPS) is 10.4. The predicted molar refractivity (Wildman–Crippen MR) is 81.0 cm³/mol. The summed E-state index contributed by atoms with van der Waals surface area (Å²) in [5.41, 5.74) is -0.321. The molecule has 0 spiro atoms. The molecular formula is C15H12ClFO3S. The van der Waals surface area contributed by atoms with E-state index < -0.39 is 11.8 Å². The van der Waals surface area contributed by atoms with E-state index in [9.17, 15) is 9.18 Å². The summed E-state index contributed by atoms with van der Waals surface area (Å²) in [6, 6.07) is 11.1. The van der Waals surface area contributed by atoms with Gasteiger partial charge in [-0.2, -0.15) is 0 Å². The van der Waals surface area contributed by atoms with Crippen molar-refractivity contribution in [2.45, 2.75) is 4.90 Å². The molecule has 0 aliphatic rings. The number of carboxylic acids is 1. The molecule has 0 atom stereocenters. The zero-order chi connectivity index (χ0) is 15.2. The van der Waals surface area contributed by atoms with Crippen LogP contribution in [0.15, 0.2) is 47.4 Å². The van der Waals surface area contributed by atoms with Gasteiger partial charge in [-0.15, -0.1) is 11.8 Å². The average Bonchev–Trinajstić information content (AvgIpc) is 2.46. The highest BCUT2D eigenvalue weighted by Crippen LogP contribution is 2.22. The highest BCUT2D eigenvalue weighted by Gasteiger charge is 2.10. The Balaban J connectivity index is 1.85. The maximum Gasteiger partial charge on any atom is 0.338 e. The Hall–Kier alpha value is -1.72. The number of ether oxygens (including phenoxy) is 1. The van der Waals surface area contributed by atoms with E-state index in [0.29, 0.717) is 28.0 Å². The van der Waals surface area contributed by atoms with Crippen molar-refractivity contribution in [3.8, 4) is 5.75 Å². The maximum atomic E-state index is 13.2. The fourth-order valence-electron chi connectivity index (χ4n) is 1.61. The summed E-state index contributed by atoms with van der Waals surface area (Å²) < 4.78 is 18.8. The van der Waals surface area contributed by atoms with Gasteiger partial charge in [-0.3, -0.25) is 0 Å². The fourth-order valence-corrected chi connectivity index (χ4v) is 2.50. The minimum absolute atomic E-state index is 0.321. The van der Waals surface area contributed by atoms with Crippen molar-refractivity contribution in [1.29, 1.82) is 0 Å². The van der Waals surface area contributed by atoms with Crippen molar-refractivity contribution in [3.05, 3.63) is 58.9 Å². The molecule has 0 fully saturated rings. The number of carbonyl (C=O) groups is 1. The second-order valence-electron chi connectivity index (χ2n) is 4.10. The first-order valence-electron chi connectivity index (χ1n) is 6.10. The van der Waals surface area contributed by atoms with Crippen molar-refractivity contribution in [2.75, 3.05) is 12.4 Å². The number of hydrogen-bond acceptors (Lipinski definition) is 3. The van der Waals surface area contributed by atoms with Crippen molar-refractivity contribution in [3.63, 3.8) is 0 Å². The Morgan fingerprint density at radius 1 is 1.24 bits per heavy atom. The summed E-state index contributed by atoms with van der Waals surface area (Å²) >= 11 is 7.17. The van der Waals surface area contributed by atoms with Crippen LogP contribution in [-0.2, 0) is 0 Å². The van der Waals surface area contributed by atoms with E-state index in [-0.39, 0.29) is 5.56 Å². The van der Waals surface area contributed by atoms with E-state index >= 15 is 0 Å². The van der Waals surface area contributed by atoms with Gasteiger partial charge in [-0.25, -0.2) is 9.18 Å². The molecule has 6 heteroatoms. The average molecular weight is 327 g/mol. The van der Waals surface area contributed by atoms with Crippen molar-refractivity contribution in [1.82, 2.24) is 0 Å². The Morgan fingerprint density at radius 3 is 2.62 bits per heavy atom. The molecule has 2 aromatic rings. The SMILES string of the molecule is O=C(O)c1cc(SCCOc2ccc(Cl)cc2)ccc1F. The molecule has 0 bridgehead atoms. The smallest absolute Gasteiger partial charge is 0.338 e. The minimum atomic E-state index is -1.27. The van der Waals surface area contributed by atoms with Crippen LogP contribution < -0.4 is 4.74 Å². The number of thioether (sulfide) groups is 1. The van der Waals surface area contributed by atoms with Gasteiger partial charge in [0.1, 0.15) is 11.6 Å².